The van der Waals surface area contributed by atoms with Crippen LogP contribution in [0.4, 0.5) is 24.0 Å². The summed E-state index contributed by atoms with van der Waals surface area (Å²) < 4.78 is 43.9. The summed E-state index contributed by atoms with van der Waals surface area (Å²) in [5, 5.41) is 2.75. The zero-order chi connectivity index (χ0) is 15.6. The molecule has 0 radical (unpaired) electrons. The third kappa shape index (κ3) is 4.05. The molecule has 0 bridgehead atoms. The Balaban J connectivity index is 2.14. The minimum Gasteiger partial charge on any atom is -0.404 e. The van der Waals surface area contributed by atoms with E-state index in [1.165, 1.54) is 6.07 Å². The average molecular weight is 318 g/mol. The molecule has 1 heterocycles. The number of anilines is 2. The molecule has 0 aliphatic rings. The number of aromatic nitrogens is 2. The van der Waals surface area contributed by atoms with Gasteiger partial charge in [-0.3, -0.25) is 10.1 Å². The van der Waals surface area contributed by atoms with E-state index in [0.717, 1.165) is 23.7 Å². The zero-order valence-corrected chi connectivity index (χ0v) is 11.4. The Hall–Kier alpha value is -2.36. The fourth-order valence-corrected chi connectivity index (χ4v) is 2.00. The Labute approximate surface area is 120 Å². The van der Waals surface area contributed by atoms with Crippen molar-refractivity contribution in [2.45, 2.75) is 13.3 Å². The van der Waals surface area contributed by atoms with Crippen LogP contribution < -0.4 is 15.8 Å². The first-order chi connectivity index (χ1) is 9.74. The number of aryl methyl sites for hydroxylation is 1. The van der Waals surface area contributed by atoms with Crippen LogP contribution in [0.3, 0.4) is 0 Å². The number of rotatable bonds is 3. The number of nitrogen functional groups attached to an aromatic ring is 1. The molecular weight excluding hydrogens is 309 g/mol. The van der Waals surface area contributed by atoms with Crippen molar-refractivity contribution in [3.63, 3.8) is 0 Å². The number of halogens is 3. The van der Waals surface area contributed by atoms with E-state index in [-0.39, 0.29) is 16.4 Å². The number of ether oxygens (including phenoxy) is 1. The van der Waals surface area contributed by atoms with E-state index in [0.29, 0.717) is 5.82 Å². The number of alkyl halides is 3. The standard InChI is InChI=1S/C11H9F3N4O2S/c1-5-16-10(21-18-5)17-9(19)6-2-3-8(7(15)4-6)20-11(12,13)14/h2-4H,15H2,1H3,(H,16,17,18,19). The van der Waals surface area contributed by atoms with Crippen molar-refractivity contribution in [2.75, 3.05) is 11.1 Å². The SMILES string of the molecule is Cc1nsc(NC(=O)c2ccc(OC(F)(F)F)c(N)c2)n1. The predicted octanol–water partition coefficient (Wildman–Crippen LogP) is 2.58. The van der Waals surface area contributed by atoms with Crippen molar-refractivity contribution in [1.29, 1.82) is 0 Å². The highest BCUT2D eigenvalue weighted by Crippen LogP contribution is 2.29. The van der Waals surface area contributed by atoms with Gasteiger partial charge in [0.05, 0.1) is 5.69 Å². The van der Waals surface area contributed by atoms with Gasteiger partial charge in [-0.1, -0.05) is 0 Å². The first kappa shape index (κ1) is 15.0. The van der Waals surface area contributed by atoms with Crippen LogP contribution in [0.2, 0.25) is 0 Å². The lowest BCUT2D eigenvalue weighted by Crippen LogP contribution is -2.18. The van der Waals surface area contributed by atoms with Crippen LogP contribution >= 0.6 is 11.5 Å². The molecule has 2 aromatic rings. The number of carbonyl (C=O) groups excluding carboxylic acids is 1. The fourth-order valence-electron chi connectivity index (χ4n) is 1.42. The summed E-state index contributed by atoms with van der Waals surface area (Å²) in [6.45, 7) is 1.66. The summed E-state index contributed by atoms with van der Waals surface area (Å²) in [6.07, 6.45) is -4.85. The van der Waals surface area contributed by atoms with E-state index in [1.807, 2.05) is 0 Å². The van der Waals surface area contributed by atoms with Crippen molar-refractivity contribution in [3.05, 3.63) is 29.6 Å². The molecule has 112 valence electrons. The molecule has 0 atom stereocenters. The lowest BCUT2D eigenvalue weighted by atomic mass is 10.2. The van der Waals surface area contributed by atoms with Crippen LogP contribution in [0.15, 0.2) is 18.2 Å². The van der Waals surface area contributed by atoms with E-state index in [2.05, 4.69) is 19.4 Å². The van der Waals surface area contributed by atoms with Crippen LogP contribution in [-0.4, -0.2) is 21.6 Å². The lowest BCUT2D eigenvalue weighted by Gasteiger charge is -2.11. The zero-order valence-electron chi connectivity index (χ0n) is 10.6. The van der Waals surface area contributed by atoms with Crippen molar-refractivity contribution < 1.29 is 22.7 Å². The highest BCUT2D eigenvalue weighted by molar-refractivity contribution is 7.09. The van der Waals surface area contributed by atoms with Crippen LogP contribution in [0.5, 0.6) is 5.75 Å². The molecule has 10 heteroatoms. The summed E-state index contributed by atoms with van der Waals surface area (Å²) in [4.78, 5) is 15.8. The van der Waals surface area contributed by atoms with E-state index in [1.54, 1.807) is 6.92 Å². The molecule has 0 saturated carbocycles. The second kappa shape index (κ2) is 5.56. The van der Waals surface area contributed by atoms with Gasteiger partial charge >= 0.3 is 6.36 Å². The quantitative estimate of drug-likeness (QED) is 0.849. The molecule has 1 aromatic heterocycles. The number of carbonyl (C=O) groups is 1. The number of benzene rings is 1. The summed E-state index contributed by atoms with van der Waals surface area (Å²) in [7, 11) is 0. The number of hydrogen-bond donors (Lipinski definition) is 2. The van der Waals surface area contributed by atoms with Crippen LogP contribution in [0.25, 0.3) is 0 Å². The molecule has 1 aromatic carbocycles. The minimum atomic E-state index is -4.85. The van der Waals surface area contributed by atoms with Gasteiger partial charge in [-0.2, -0.15) is 4.37 Å². The smallest absolute Gasteiger partial charge is 0.404 e. The number of nitrogens with one attached hydrogen (secondary N) is 1. The van der Waals surface area contributed by atoms with Crippen LogP contribution in [0, 0.1) is 6.92 Å². The first-order valence-electron chi connectivity index (χ1n) is 5.51. The third-order valence-electron chi connectivity index (χ3n) is 2.25. The summed E-state index contributed by atoms with van der Waals surface area (Å²) in [5.41, 5.74) is 5.21. The van der Waals surface area contributed by atoms with Gasteiger partial charge in [0.2, 0.25) is 5.13 Å². The molecule has 6 nitrogen and oxygen atoms in total. The maximum absolute atomic E-state index is 12.1. The summed E-state index contributed by atoms with van der Waals surface area (Å²) >= 11 is 0.990. The lowest BCUT2D eigenvalue weighted by molar-refractivity contribution is -0.274. The largest absolute Gasteiger partial charge is 0.573 e. The molecule has 3 N–H and O–H groups in total. The number of amides is 1. The maximum Gasteiger partial charge on any atom is 0.573 e. The molecule has 2 rings (SSSR count). The Morgan fingerprint density at radius 1 is 1.43 bits per heavy atom. The Bertz CT molecular complexity index is 672. The van der Waals surface area contributed by atoms with Gasteiger partial charge in [0.25, 0.3) is 5.91 Å². The predicted molar refractivity (Wildman–Crippen MR) is 70.1 cm³/mol. The normalized spacial score (nSPS) is 11.2. The molecule has 0 unspecified atom stereocenters. The highest BCUT2D eigenvalue weighted by atomic mass is 32.1. The van der Waals surface area contributed by atoms with Gasteiger partial charge in [0, 0.05) is 17.1 Å². The molecule has 1 amide bonds. The van der Waals surface area contributed by atoms with Gasteiger partial charge in [0.1, 0.15) is 5.82 Å². The van der Waals surface area contributed by atoms with E-state index in [9.17, 15) is 18.0 Å². The van der Waals surface area contributed by atoms with Crippen molar-refractivity contribution >= 4 is 28.3 Å². The average Bonchev–Trinajstić information content (AvgIpc) is 2.75. The van der Waals surface area contributed by atoms with E-state index >= 15 is 0 Å². The summed E-state index contributed by atoms with van der Waals surface area (Å²) in [6, 6.07) is 3.23. The second-order valence-electron chi connectivity index (χ2n) is 3.90. The Kier molecular flexibility index (Phi) is 3.98. The van der Waals surface area contributed by atoms with Crippen LogP contribution in [-0.2, 0) is 0 Å². The second-order valence-corrected chi connectivity index (χ2v) is 4.65. The van der Waals surface area contributed by atoms with Crippen molar-refractivity contribution in [1.82, 2.24) is 9.36 Å². The first-order valence-corrected chi connectivity index (χ1v) is 6.29. The minimum absolute atomic E-state index is 0.0786. The van der Waals surface area contributed by atoms with Gasteiger partial charge in [-0.15, -0.1) is 13.2 Å². The van der Waals surface area contributed by atoms with E-state index < -0.39 is 18.0 Å². The topological polar surface area (TPSA) is 90.1 Å². The molecular formula is C11H9F3N4O2S. The van der Waals surface area contributed by atoms with Gasteiger partial charge < -0.3 is 10.5 Å². The van der Waals surface area contributed by atoms with Gasteiger partial charge in [0.15, 0.2) is 5.75 Å². The fraction of sp³-hybridized carbons (Fsp3) is 0.182. The van der Waals surface area contributed by atoms with Crippen molar-refractivity contribution in [2.24, 2.45) is 0 Å². The maximum atomic E-state index is 12.1. The Morgan fingerprint density at radius 3 is 2.67 bits per heavy atom. The number of nitrogens with two attached hydrogens (primary N) is 1. The van der Waals surface area contributed by atoms with Crippen LogP contribution in [0.1, 0.15) is 16.2 Å². The van der Waals surface area contributed by atoms with E-state index in [4.69, 9.17) is 5.73 Å². The van der Waals surface area contributed by atoms with Gasteiger partial charge in [-0.25, -0.2) is 4.98 Å². The number of hydrogen-bond acceptors (Lipinski definition) is 6. The number of nitrogens with zero attached hydrogens (tertiary/aromatic N) is 2. The summed E-state index contributed by atoms with van der Waals surface area (Å²) in [5.74, 6) is -0.619. The Morgan fingerprint density at radius 2 is 2.14 bits per heavy atom. The highest BCUT2D eigenvalue weighted by Gasteiger charge is 2.32. The molecule has 0 fully saturated rings. The van der Waals surface area contributed by atoms with Gasteiger partial charge in [-0.05, 0) is 25.1 Å². The molecule has 0 spiro atoms. The molecule has 21 heavy (non-hydrogen) atoms. The third-order valence-corrected chi connectivity index (χ3v) is 2.97. The monoisotopic (exact) mass is 318 g/mol. The molecule has 0 saturated heterocycles. The van der Waals surface area contributed by atoms with Crippen molar-refractivity contribution in [3.8, 4) is 5.75 Å². The molecule has 0 aliphatic carbocycles. The molecule has 0 aliphatic heterocycles.